The molecule has 2 aliphatic rings. The number of nitrogen functional groups attached to an aromatic ring is 1. The zero-order valence-corrected chi connectivity index (χ0v) is 17.5. The van der Waals surface area contributed by atoms with Gasteiger partial charge in [-0.05, 0) is 37.5 Å². The van der Waals surface area contributed by atoms with Crippen molar-refractivity contribution in [1.82, 2.24) is 14.9 Å². The van der Waals surface area contributed by atoms with Crippen molar-refractivity contribution in [2.75, 3.05) is 29.0 Å². The summed E-state index contributed by atoms with van der Waals surface area (Å²) in [5, 5.41) is 3.06. The van der Waals surface area contributed by atoms with Gasteiger partial charge in [0.1, 0.15) is 30.4 Å². The predicted molar refractivity (Wildman–Crippen MR) is 112 cm³/mol. The summed E-state index contributed by atoms with van der Waals surface area (Å²) in [4.78, 5) is 35.7. The number of likely N-dealkylation sites (tertiary alicyclic amines) is 1. The maximum absolute atomic E-state index is 14.9. The minimum Gasteiger partial charge on any atom is -0.381 e. The zero-order valence-electron chi connectivity index (χ0n) is 16.8. The number of hydrogen-bond acceptors (Lipinski definition) is 6. The highest BCUT2D eigenvalue weighted by atomic mass is 35.5. The highest BCUT2D eigenvalue weighted by Crippen LogP contribution is 2.30. The molecule has 2 amide bonds. The van der Waals surface area contributed by atoms with E-state index in [-0.39, 0.29) is 30.4 Å². The number of carbonyl (C=O) groups is 2. The van der Waals surface area contributed by atoms with Gasteiger partial charge in [-0.2, -0.15) is 4.39 Å². The lowest BCUT2D eigenvalue weighted by atomic mass is 9.95. The molecule has 2 aliphatic heterocycles. The Morgan fingerprint density at radius 3 is 2.62 bits per heavy atom. The summed E-state index contributed by atoms with van der Waals surface area (Å²) in [5.74, 6) is -3.65. The number of aromatic nitrogens is 2. The molecule has 0 aliphatic carbocycles. The molecule has 0 spiro atoms. The molecule has 4 rings (SSSR count). The average Bonchev–Trinajstić information content (AvgIpc) is 2.72. The first-order valence-electron chi connectivity index (χ1n) is 10.0. The second-order valence-corrected chi connectivity index (χ2v) is 8.10. The normalized spacial score (nSPS) is 24.1. The van der Waals surface area contributed by atoms with Gasteiger partial charge in [-0.25, -0.2) is 18.7 Å². The standard InChI is InChI=1S/C20H20ClF3N6O2/c21-10-6-11(22)8-12(7-10)28-14-2-1-4-29(19(14)31)16-13(23)3-5-30(20(16)32)18-15(24)17(25)26-9-27-18/h6-9,13-14,16,28H,1-5H2,(H2,25,26,27)/t13-,14-,16+/m1/s1. The van der Waals surface area contributed by atoms with Crippen LogP contribution in [-0.2, 0) is 9.59 Å². The van der Waals surface area contributed by atoms with Crippen LogP contribution in [0.5, 0.6) is 0 Å². The lowest BCUT2D eigenvalue weighted by Crippen LogP contribution is -2.63. The average molecular weight is 469 g/mol. The molecule has 8 nitrogen and oxygen atoms in total. The van der Waals surface area contributed by atoms with E-state index in [1.54, 1.807) is 0 Å². The van der Waals surface area contributed by atoms with Gasteiger partial charge in [0, 0.05) is 23.8 Å². The molecule has 3 N–H and O–H groups in total. The van der Waals surface area contributed by atoms with Crippen molar-refractivity contribution in [3.05, 3.63) is 41.2 Å². The Labute approximate surface area is 186 Å². The van der Waals surface area contributed by atoms with Gasteiger partial charge in [-0.15, -0.1) is 0 Å². The summed E-state index contributed by atoms with van der Waals surface area (Å²) in [5.41, 5.74) is 5.76. The molecule has 0 unspecified atom stereocenters. The van der Waals surface area contributed by atoms with E-state index in [9.17, 15) is 22.8 Å². The number of anilines is 3. The van der Waals surface area contributed by atoms with Gasteiger partial charge in [-0.1, -0.05) is 11.6 Å². The first kappa shape index (κ1) is 22.1. The minimum absolute atomic E-state index is 0.110. The highest BCUT2D eigenvalue weighted by Gasteiger charge is 2.46. The van der Waals surface area contributed by atoms with Crippen LogP contribution in [0.25, 0.3) is 0 Å². The molecule has 32 heavy (non-hydrogen) atoms. The number of nitrogens with one attached hydrogen (secondary N) is 1. The Morgan fingerprint density at radius 1 is 1.09 bits per heavy atom. The largest absolute Gasteiger partial charge is 0.381 e. The first-order chi connectivity index (χ1) is 15.3. The van der Waals surface area contributed by atoms with Crippen LogP contribution in [0.4, 0.5) is 30.5 Å². The first-order valence-corrected chi connectivity index (χ1v) is 10.4. The number of benzene rings is 1. The molecule has 2 aromatic rings. The van der Waals surface area contributed by atoms with E-state index in [0.717, 1.165) is 22.2 Å². The quantitative estimate of drug-likeness (QED) is 0.714. The lowest BCUT2D eigenvalue weighted by molar-refractivity contribution is -0.146. The van der Waals surface area contributed by atoms with E-state index >= 15 is 0 Å². The number of nitrogens with zero attached hydrogens (tertiary/aromatic N) is 4. The van der Waals surface area contributed by atoms with Crippen molar-refractivity contribution in [3.8, 4) is 0 Å². The number of alkyl halides is 1. The summed E-state index contributed by atoms with van der Waals surface area (Å²) >= 11 is 5.87. The van der Waals surface area contributed by atoms with Gasteiger partial charge < -0.3 is 16.0 Å². The van der Waals surface area contributed by atoms with Gasteiger partial charge in [0.2, 0.25) is 11.7 Å². The molecular formula is C20H20ClF3N6O2. The van der Waals surface area contributed by atoms with E-state index in [4.69, 9.17) is 17.3 Å². The fraction of sp³-hybridized carbons (Fsp3) is 0.400. The third-order valence-corrected chi connectivity index (χ3v) is 5.77. The van der Waals surface area contributed by atoms with Crippen LogP contribution in [0.15, 0.2) is 24.5 Å². The number of rotatable bonds is 4. The number of amides is 2. The van der Waals surface area contributed by atoms with Crippen molar-refractivity contribution in [3.63, 3.8) is 0 Å². The van der Waals surface area contributed by atoms with Crippen LogP contribution in [-0.4, -0.2) is 58.0 Å². The zero-order chi connectivity index (χ0) is 23.0. The van der Waals surface area contributed by atoms with Crippen LogP contribution in [0.3, 0.4) is 0 Å². The molecule has 0 bridgehead atoms. The maximum Gasteiger partial charge on any atom is 0.254 e. The Morgan fingerprint density at radius 2 is 1.88 bits per heavy atom. The topological polar surface area (TPSA) is 104 Å². The summed E-state index contributed by atoms with van der Waals surface area (Å²) in [7, 11) is 0. The highest BCUT2D eigenvalue weighted by molar-refractivity contribution is 6.30. The van der Waals surface area contributed by atoms with Crippen LogP contribution < -0.4 is 16.0 Å². The van der Waals surface area contributed by atoms with Crippen molar-refractivity contribution in [2.45, 2.75) is 37.5 Å². The molecular weight excluding hydrogens is 449 g/mol. The van der Waals surface area contributed by atoms with Gasteiger partial charge in [0.25, 0.3) is 5.91 Å². The van der Waals surface area contributed by atoms with Crippen molar-refractivity contribution in [1.29, 1.82) is 0 Å². The molecule has 3 atom stereocenters. The Bertz CT molecular complexity index is 1040. The molecule has 0 saturated carbocycles. The second kappa shape index (κ2) is 8.81. The fourth-order valence-electron chi connectivity index (χ4n) is 4.08. The number of nitrogens with two attached hydrogens (primary N) is 1. The Kier molecular flexibility index (Phi) is 6.09. The second-order valence-electron chi connectivity index (χ2n) is 7.66. The molecule has 0 radical (unpaired) electrons. The summed E-state index contributed by atoms with van der Waals surface area (Å²) < 4.78 is 43.0. The summed E-state index contributed by atoms with van der Waals surface area (Å²) in [6, 6.07) is 1.54. The summed E-state index contributed by atoms with van der Waals surface area (Å²) in [6.45, 7) is 0.0371. The van der Waals surface area contributed by atoms with Crippen LogP contribution >= 0.6 is 11.6 Å². The summed E-state index contributed by atoms with van der Waals surface area (Å²) in [6.07, 6.45) is 0.154. The van der Waals surface area contributed by atoms with Crippen molar-refractivity contribution < 1.29 is 22.8 Å². The third kappa shape index (κ3) is 4.16. The van der Waals surface area contributed by atoms with Gasteiger partial charge in [-0.3, -0.25) is 14.5 Å². The maximum atomic E-state index is 14.9. The van der Waals surface area contributed by atoms with Crippen LogP contribution in [0.1, 0.15) is 19.3 Å². The van der Waals surface area contributed by atoms with E-state index in [1.807, 2.05) is 0 Å². The molecule has 170 valence electrons. The number of piperidine rings is 2. The van der Waals surface area contributed by atoms with E-state index < -0.39 is 47.5 Å². The van der Waals surface area contributed by atoms with E-state index in [1.165, 1.54) is 12.1 Å². The Balaban J connectivity index is 1.57. The SMILES string of the molecule is Nc1ncnc(N2CC[C@@H](F)[C@H](N3CCC[C@@H](Nc4cc(F)cc(Cl)c4)C3=O)C2=O)c1F. The van der Waals surface area contributed by atoms with E-state index in [2.05, 4.69) is 15.3 Å². The van der Waals surface area contributed by atoms with E-state index in [0.29, 0.717) is 18.5 Å². The number of hydrogen-bond donors (Lipinski definition) is 2. The molecule has 3 heterocycles. The van der Waals surface area contributed by atoms with Gasteiger partial charge >= 0.3 is 0 Å². The third-order valence-electron chi connectivity index (χ3n) is 5.56. The van der Waals surface area contributed by atoms with Crippen LogP contribution in [0.2, 0.25) is 5.02 Å². The smallest absolute Gasteiger partial charge is 0.254 e. The van der Waals surface area contributed by atoms with Crippen LogP contribution in [0, 0.1) is 11.6 Å². The molecule has 2 saturated heterocycles. The van der Waals surface area contributed by atoms with Gasteiger partial charge in [0.15, 0.2) is 11.6 Å². The lowest BCUT2D eigenvalue weighted by Gasteiger charge is -2.43. The molecule has 12 heteroatoms. The monoisotopic (exact) mass is 468 g/mol. The minimum atomic E-state index is -1.63. The predicted octanol–water partition coefficient (Wildman–Crippen LogP) is 2.54. The van der Waals surface area contributed by atoms with Gasteiger partial charge in [0.05, 0.1) is 0 Å². The fourth-order valence-corrected chi connectivity index (χ4v) is 4.31. The number of carbonyl (C=O) groups excluding carboxylic acids is 2. The Hall–Kier alpha value is -3.08. The number of halogens is 4. The molecule has 2 fully saturated rings. The van der Waals surface area contributed by atoms with Crippen molar-refractivity contribution >= 4 is 40.7 Å². The molecule has 1 aromatic heterocycles. The molecule has 1 aromatic carbocycles. The van der Waals surface area contributed by atoms with Crippen molar-refractivity contribution in [2.24, 2.45) is 0 Å².